The Hall–Kier alpha value is -2.60. The molecule has 3 heterocycles. The monoisotopic (exact) mass is 392 g/mol. The van der Waals surface area contributed by atoms with Crippen LogP contribution in [0.25, 0.3) is 16.7 Å². The number of fused-ring (bicyclic) bond motifs is 2. The van der Waals surface area contributed by atoms with E-state index in [1.165, 1.54) is 19.3 Å². The van der Waals surface area contributed by atoms with Crippen LogP contribution in [0.4, 0.5) is 0 Å². The van der Waals surface area contributed by atoms with Gasteiger partial charge in [-0.25, -0.2) is 9.97 Å². The minimum atomic E-state index is -0.0541. The highest BCUT2D eigenvalue weighted by molar-refractivity contribution is 7.99. The van der Waals surface area contributed by atoms with E-state index in [-0.39, 0.29) is 5.56 Å². The van der Waals surface area contributed by atoms with Gasteiger partial charge in [-0.15, -0.1) is 0 Å². The Labute approximate surface area is 168 Å². The molecule has 5 nitrogen and oxygen atoms in total. The van der Waals surface area contributed by atoms with Crippen molar-refractivity contribution in [3.63, 3.8) is 0 Å². The van der Waals surface area contributed by atoms with Gasteiger partial charge >= 0.3 is 0 Å². The third-order valence-corrected chi connectivity index (χ3v) is 5.86. The zero-order valence-corrected chi connectivity index (χ0v) is 17.1. The second kappa shape index (κ2) is 8.19. The van der Waals surface area contributed by atoms with E-state index in [2.05, 4.69) is 17.6 Å². The van der Waals surface area contributed by atoms with Crippen molar-refractivity contribution in [2.24, 2.45) is 0 Å². The topological polar surface area (TPSA) is 52.2 Å². The van der Waals surface area contributed by atoms with Gasteiger partial charge in [-0.3, -0.25) is 9.20 Å². The highest BCUT2D eigenvalue weighted by atomic mass is 32.2. The number of hydrogen-bond acceptors (Lipinski definition) is 4. The van der Waals surface area contributed by atoms with Crippen molar-refractivity contribution in [3.8, 4) is 0 Å². The molecule has 28 heavy (non-hydrogen) atoms. The Bertz CT molecular complexity index is 1180. The van der Waals surface area contributed by atoms with Crippen molar-refractivity contribution in [2.75, 3.05) is 5.75 Å². The highest BCUT2D eigenvalue weighted by Crippen LogP contribution is 2.25. The largest absolute Gasteiger partial charge is 0.313 e. The number of thioether (sulfide) groups is 1. The van der Waals surface area contributed by atoms with Crippen LogP contribution < -0.4 is 5.56 Å². The summed E-state index contributed by atoms with van der Waals surface area (Å²) >= 11 is 1.78. The van der Waals surface area contributed by atoms with Gasteiger partial charge in [-0.05, 0) is 43.2 Å². The van der Waals surface area contributed by atoms with Crippen LogP contribution in [-0.4, -0.2) is 24.7 Å². The number of aromatic nitrogens is 4. The lowest BCUT2D eigenvalue weighted by molar-refractivity contribution is 0.709. The number of unbranched alkanes of at least 4 members (excludes halogenated alkanes) is 2. The van der Waals surface area contributed by atoms with Crippen molar-refractivity contribution >= 4 is 28.4 Å². The van der Waals surface area contributed by atoms with Gasteiger partial charge in [0.1, 0.15) is 5.65 Å². The summed E-state index contributed by atoms with van der Waals surface area (Å²) in [5.74, 6) is 1.05. The predicted octanol–water partition coefficient (Wildman–Crippen LogP) is 4.68. The van der Waals surface area contributed by atoms with E-state index < -0.39 is 0 Å². The Balaban J connectivity index is 1.72. The molecule has 1 aromatic carbocycles. The summed E-state index contributed by atoms with van der Waals surface area (Å²) in [6, 6.07) is 13.6. The van der Waals surface area contributed by atoms with Gasteiger partial charge in [-0.1, -0.05) is 43.7 Å². The molecule has 0 fully saturated rings. The Morgan fingerprint density at radius 2 is 1.93 bits per heavy atom. The quantitative estimate of drug-likeness (QED) is 0.338. The van der Waals surface area contributed by atoms with Crippen LogP contribution in [0.15, 0.2) is 58.6 Å². The molecule has 0 amide bonds. The first-order valence-electron chi connectivity index (χ1n) is 9.72. The average Bonchev–Trinajstić information content (AvgIpc) is 3.02. The lowest BCUT2D eigenvalue weighted by Crippen LogP contribution is -2.17. The lowest BCUT2D eigenvalue weighted by atomic mass is 10.3. The van der Waals surface area contributed by atoms with Crippen LogP contribution in [0.1, 0.15) is 37.4 Å². The second-order valence-corrected chi connectivity index (χ2v) is 8.10. The zero-order chi connectivity index (χ0) is 19.5. The average molecular weight is 393 g/mol. The molecule has 0 bridgehead atoms. The molecule has 0 N–H and O–H groups in total. The van der Waals surface area contributed by atoms with E-state index in [0.717, 1.165) is 33.2 Å². The summed E-state index contributed by atoms with van der Waals surface area (Å²) in [7, 11) is 0. The fourth-order valence-electron chi connectivity index (χ4n) is 3.33. The molecule has 6 heteroatoms. The van der Waals surface area contributed by atoms with E-state index in [9.17, 15) is 4.79 Å². The predicted molar refractivity (Wildman–Crippen MR) is 115 cm³/mol. The summed E-state index contributed by atoms with van der Waals surface area (Å²) < 4.78 is 3.77. The molecule has 0 atom stereocenters. The van der Waals surface area contributed by atoms with Gasteiger partial charge in [0, 0.05) is 18.0 Å². The van der Waals surface area contributed by atoms with E-state index in [1.54, 1.807) is 28.4 Å². The number of benzene rings is 1. The maximum atomic E-state index is 12.5. The van der Waals surface area contributed by atoms with Crippen molar-refractivity contribution < 1.29 is 0 Å². The number of aryl methyl sites for hydroxylation is 1. The van der Waals surface area contributed by atoms with Gasteiger partial charge in [0.2, 0.25) is 0 Å². The molecule has 0 aliphatic rings. The van der Waals surface area contributed by atoms with Gasteiger partial charge < -0.3 is 4.57 Å². The summed E-state index contributed by atoms with van der Waals surface area (Å²) in [5, 5.41) is 0.989. The second-order valence-electron chi connectivity index (χ2n) is 7.04. The standard InChI is InChI=1S/C22H24N4OS/c1-3-4-7-12-28-22-24-18-8-5-6-9-19(18)26(22)15-17-14-21(27)25-11-10-16(2)13-20(25)23-17/h5-6,8-11,13-14H,3-4,7,12,15H2,1-2H3. The van der Waals surface area contributed by atoms with E-state index in [0.29, 0.717) is 12.2 Å². The molecule has 0 aliphatic carbocycles. The molecule has 0 unspecified atom stereocenters. The summed E-state index contributed by atoms with van der Waals surface area (Å²) in [5.41, 5.74) is 4.53. The lowest BCUT2D eigenvalue weighted by Gasteiger charge is -2.10. The number of hydrogen-bond donors (Lipinski definition) is 0. The number of rotatable bonds is 7. The first-order chi connectivity index (χ1) is 13.7. The molecular formula is C22H24N4OS. The Morgan fingerprint density at radius 1 is 1.07 bits per heavy atom. The SMILES string of the molecule is CCCCCSc1nc2ccccc2n1Cc1cc(=O)n2ccc(C)cc2n1. The maximum absolute atomic E-state index is 12.5. The number of nitrogens with zero attached hydrogens (tertiary/aromatic N) is 4. The maximum Gasteiger partial charge on any atom is 0.258 e. The van der Waals surface area contributed by atoms with E-state index in [1.807, 2.05) is 37.3 Å². The van der Waals surface area contributed by atoms with E-state index >= 15 is 0 Å². The Morgan fingerprint density at radius 3 is 2.79 bits per heavy atom. The summed E-state index contributed by atoms with van der Waals surface area (Å²) in [6.07, 6.45) is 5.40. The summed E-state index contributed by atoms with van der Waals surface area (Å²) in [4.78, 5) is 22.1. The third-order valence-electron chi connectivity index (χ3n) is 4.79. The number of imidazole rings is 1. The fraction of sp³-hybridized carbons (Fsp3) is 0.318. The minimum Gasteiger partial charge on any atom is -0.313 e. The normalized spacial score (nSPS) is 11.5. The molecule has 0 aliphatic heterocycles. The molecule has 4 aromatic rings. The smallest absolute Gasteiger partial charge is 0.258 e. The van der Waals surface area contributed by atoms with Crippen LogP contribution in [0.5, 0.6) is 0 Å². The Kier molecular flexibility index (Phi) is 5.48. The molecule has 0 saturated carbocycles. The van der Waals surface area contributed by atoms with Gasteiger partial charge in [0.05, 0.1) is 23.3 Å². The first-order valence-corrected chi connectivity index (χ1v) is 10.7. The van der Waals surface area contributed by atoms with Crippen LogP contribution in [0, 0.1) is 6.92 Å². The fourth-order valence-corrected chi connectivity index (χ4v) is 4.34. The van der Waals surface area contributed by atoms with Gasteiger partial charge in [-0.2, -0.15) is 0 Å². The first kappa shape index (κ1) is 18.7. The molecular weight excluding hydrogens is 368 g/mol. The van der Waals surface area contributed by atoms with Crippen molar-refractivity contribution in [1.29, 1.82) is 0 Å². The van der Waals surface area contributed by atoms with Crippen molar-refractivity contribution in [3.05, 3.63) is 70.3 Å². The van der Waals surface area contributed by atoms with Crippen LogP contribution in [0.3, 0.4) is 0 Å². The molecule has 4 rings (SSSR count). The van der Waals surface area contributed by atoms with Crippen LogP contribution in [0.2, 0.25) is 0 Å². The molecule has 0 spiro atoms. The van der Waals surface area contributed by atoms with Gasteiger partial charge in [0.25, 0.3) is 5.56 Å². The number of para-hydroxylation sites is 2. The highest BCUT2D eigenvalue weighted by Gasteiger charge is 2.13. The minimum absolute atomic E-state index is 0.0541. The molecule has 144 valence electrons. The zero-order valence-electron chi connectivity index (χ0n) is 16.3. The molecule has 0 saturated heterocycles. The van der Waals surface area contributed by atoms with E-state index in [4.69, 9.17) is 9.97 Å². The van der Waals surface area contributed by atoms with Crippen LogP contribution >= 0.6 is 11.8 Å². The number of pyridine rings is 1. The van der Waals surface area contributed by atoms with Crippen LogP contribution in [-0.2, 0) is 6.54 Å². The third kappa shape index (κ3) is 3.83. The van der Waals surface area contributed by atoms with Gasteiger partial charge in [0.15, 0.2) is 5.16 Å². The summed E-state index contributed by atoms with van der Waals surface area (Å²) in [6.45, 7) is 4.76. The molecule has 0 radical (unpaired) electrons. The molecule has 3 aromatic heterocycles. The van der Waals surface area contributed by atoms with Crippen molar-refractivity contribution in [1.82, 2.24) is 18.9 Å². The van der Waals surface area contributed by atoms with Crippen molar-refractivity contribution in [2.45, 2.75) is 44.8 Å².